The summed E-state index contributed by atoms with van der Waals surface area (Å²) < 4.78 is 5.37. The first kappa shape index (κ1) is 11.3. The van der Waals surface area contributed by atoms with Crippen LogP contribution in [0.25, 0.3) is 0 Å². The summed E-state index contributed by atoms with van der Waals surface area (Å²) in [6.45, 7) is 5.81. The minimum absolute atomic E-state index is 0.0244. The zero-order valence-corrected chi connectivity index (χ0v) is 10.3. The Balaban J connectivity index is 1.87. The van der Waals surface area contributed by atoms with Crippen molar-refractivity contribution in [3.8, 4) is 0 Å². The Morgan fingerprint density at radius 1 is 1.41 bits per heavy atom. The molecule has 0 radical (unpaired) electrons. The van der Waals surface area contributed by atoms with E-state index in [-0.39, 0.29) is 18.0 Å². The van der Waals surface area contributed by atoms with Gasteiger partial charge < -0.3 is 9.84 Å². The van der Waals surface area contributed by atoms with Gasteiger partial charge in [0, 0.05) is 11.5 Å². The lowest BCUT2D eigenvalue weighted by Crippen LogP contribution is -2.33. The Hall–Kier alpha value is -0.830. The molecule has 94 valence electrons. The van der Waals surface area contributed by atoms with Gasteiger partial charge in [0.05, 0.1) is 5.60 Å². The van der Waals surface area contributed by atoms with Crippen molar-refractivity contribution in [1.29, 1.82) is 0 Å². The van der Waals surface area contributed by atoms with Crippen LogP contribution in [0.1, 0.15) is 39.0 Å². The molecule has 0 amide bonds. The van der Waals surface area contributed by atoms with Gasteiger partial charge in [0.1, 0.15) is 6.10 Å². The average molecular weight is 236 g/mol. The molecule has 3 nitrogen and oxygen atoms in total. The van der Waals surface area contributed by atoms with Crippen LogP contribution in [0.2, 0.25) is 0 Å². The summed E-state index contributed by atoms with van der Waals surface area (Å²) in [5.41, 5.74) is 0.0595. The van der Waals surface area contributed by atoms with E-state index in [1.807, 2.05) is 6.92 Å². The van der Waals surface area contributed by atoms with E-state index in [4.69, 9.17) is 4.74 Å². The second-order valence-corrected chi connectivity index (χ2v) is 6.15. The molecule has 0 aromatic heterocycles. The number of rotatable bonds is 0. The van der Waals surface area contributed by atoms with Gasteiger partial charge in [0.25, 0.3) is 0 Å². The summed E-state index contributed by atoms with van der Waals surface area (Å²) in [5, 5.41) is 10.4. The van der Waals surface area contributed by atoms with Crippen LogP contribution in [0.3, 0.4) is 0 Å². The molecule has 3 heteroatoms. The summed E-state index contributed by atoms with van der Waals surface area (Å²) in [4.78, 5) is 11.5. The maximum Gasteiger partial charge on any atom is 0.334 e. The highest BCUT2D eigenvalue weighted by atomic mass is 16.6. The van der Waals surface area contributed by atoms with Crippen LogP contribution in [0, 0.1) is 17.8 Å². The Kier molecular flexibility index (Phi) is 2.37. The summed E-state index contributed by atoms with van der Waals surface area (Å²) in [6, 6.07) is 0. The second-order valence-electron chi connectivity index (χ2n) is 6.15. The van der Waals surface area contributed by atoms with Crippen LogP contribution in [0.4, 0.5) is 0 Å². The lowest BCUT2D eigenvalue weighted by molar-refractivity contribution is -0.139. The van der Waals surface area contributed by atoms with Crippen LogP contribution in [0.5, 0.6) is 0 Å². The third-order valence-electron chi connectivity index (χ3n) is 5.14. The number of carbonyl (C=O) groups is 1. The first-order valence-corrected chi connectivity index (χ1v) is 6.61. The molecule has 2 aliphatic carbocycles. The predicted molar refractivity (Wildman–Crippen MR) is 63.2 cm³/mol. The van der Waals surface area contributed by atoms with Crippen molar-refractivity contribution in [2.45, 2.75) is 50.7 Å². The number of hydrogen-bond acceptors (Lipinski definition) is 3. The zero-order valence-electron chi connectivity index (χ0n) is 10.3. The quantitative estimate of drug-likeness (QED) is 0.517. The first-order chi connectivity index (χ1) is 7.99. The van der Waals surface area contributed by atoms with Crippen molar-refractivity contribution in [1.82, 2.24) is 0 Å². The van der Waals surface area contributed by atoms with E-state index < -0.39 is 5.60 Å². The van der Waals surface area contributed by atoms with Gasteiger partial charge >= 0.3 is 5.97 Å². The van der Waals surface area contributed by atoms with E-state index in [0.717, 1.165) is 32.1 Å². The predicted octanol–water partition coefficient (Wildman–Crippen LogP) is 2.05. The van der Waals surface area contributed by atoms with Gasteiger partial charge in [-0.05, 0) is 50.9 Å². The van der Waals surface area contributed by atoms with E-state index in [2.05, 4.69) is 6.58 Å². The van der Waals surface area contributed by atoms with Crippen molar-refractivity contribution in [2.75, 3.05) is 0 Å². The Morgan fingerprint density at radius 3 is 2.94 bits per heavy atom. The summed E-state index contributed by atoms with van der Waals surface area (Å²) in [6.07, 6.45) is 4.90. The van der Waals surface area contributed by atoms with E-state index in [1.165, 1.54) is 0 Å². The summed E-state index contributed by atoms with van der Waals surface area (Å²) in [5.74, 6) is 0.823. The molecule has 1 aliphatic heterocycles. The Labute approximate surface area is 102 Å². The molecule has 0 bridgehead atoms. The molecule has 1 N–H and O–H groups in total. The standard InChI is InChI=1S/C14H20O3/c1-8-10-7-11-9(5-6-14(11,2)16)3-4-12(10)17-13(8)15/h9-12,16H,1,3-7H2,2H3/t9-,10-,11-,12+,14-/m1/s1. The van der Waals surface area contributed by atoms with Crippen LogP contribution in [-0.2, 0) is 9.53 Å². The Morgan fingerprint density at radius 2 is 2.18 bits per heavy atom. The van der Waals surface area contributed by atoms with E-state index in [9.17, 15) is 9.90 Å². The molecule has 3 rings (SSSR count). The van der Waals surface area contributed by atoms with Gasteiger partial charge in [-0.3, -0.25) is 0 Å². The van der Waals surface area contributed by atoms with Crippen LogP contribution >= 0.6 is 0 Å². The van der Waals surface area contributed by atoms with Gasteiger partial charge in [-0.1, -0.05) is 6.58 Å². The summed E-state index contributed by atoms with van der Waals surface area (Å²) >= 11 is 0. The van der Waals surface area contributed by atoms with Crippen LogP contribution in [0.15, 0.2) is 12.2 Å². The topological polar surface area (TPSA) is 46.5 Å². The number of aliphatic hydroxyl groups is 1. The molecule has 3 aliphatic rings. The number of hydrogen-bond donors (Lipinski definition) is 1. The van der Waals surface area contributed by atoms with Crippen molar-refractivity contribution < 1.29 is 14.6 Å². The molecule has 3 fully saturated rings. The average Bonchev–Trinajstić information content (AvgIpc) is 2.62. The minimum atomic E-state index is -0.564. The first-order valence-electron chi connectivity index (χ1n) is 6.61. The molecular formula is C14H20O3. The fourth-order valence-electron chi connectivity index (χ4n) is 4.04. The fraction of sp³-hybridized carbons (Fsp3) is 0.786. The highest BCUT2D eigenvalue weighted by molar-refractivity contribution is 5.90. The SMILES string of the molecule is C=C1C(=O)O[C@H]2CC[C@@H]3CC[C@@](C)(O)[C@@H]3C[C@H]12. The van der Waals surface area contributed by atoms with Gasteiger partial charge in [-0.15, -0.1) is 0 Å². The number of carbonyl (C=O) groups excluding carboxylic acids is 1. The normalized spacial score (nSPS) is 49.5. The molecule has 17 heavy (non-hydrogen) atoms. The van der Waals surface area contributed by atoms with E-state index in [0.29, 0.717) is 17.4 Å². The maximum absolute atomic E-state index is 11.5. The number of esters is 1. The monoisotopic (exact) mass is 236 g/mol. The van der Waals surface area contributed by atoms with Gasteiger partial charge in [0.15, 0.2) is 0 Å². The lowest BCUT2D eigenvalue weighted by atomic mass is 9.79. The van der Waals surface area contributed by atoms with Crippen molar-refractivity contribution >= 4 is 5.97 Å². The van der Waals surface area contributed by atoms with E-state index >= 15 is 0 Å². The molecule has 1 heterocycles. The second kappa shape index (κ2) is 3.58. The number of ether oxygens (including phenoxy) is 1. The third-order valence-corrected chi connectivity index (χ3v) is 5.14. The largest absolute Gasteiger partial charge is 0.458 e. The molecule has 1 saturated heterocycles. The van der Waals surface area contributed by atoms with Gasteiger partial charge in [-0.2, -0.15) is 0 Å². The molecule has 0 spiro atoms. The highest BCUT2D eigenvalue weighted by Crippen LogP contribution is 2.51. The molecule has 2 saturated carbocycles. The smallest absolute Gasteiger partial charge is 0.334 e. The maximum atomic E-state index is 11.5. The molecule has 0 aromatic rings. The van der Waals surface area contributed by atoms with Crippen LogP contribution in [-0.4, -0.2) is 22.8 Å². The summed E-state index contributed by atoms with van der Waals surface area (Å²) in [7, 11) is 0. The van der Waals surface area contributed by atoms with E-state index in [1.54, 1.807) is 0 Å². The van der Waals surface area contributed by atoms with Crippen LogP contribution < -0.4 is 0 Å². The van der Waals surface area contributed by atoms with Crippen molar-refractivity contribution in [3.05, 3.63) is 12.2 Å². The van der Waals surface area contributed by atoms with Crippen molar-refractivity contribution in [2.24, 2.45) is 17.8 Å². The zero-order chi connectivity index (χ0) is 12.2. The fourth-order valence-corrected chi connectivity index (χ4v) is 4.04. The van der Waals surface area contributed by atoms with Crippen molar-refractivity contribution in [3.63, 3.8) is 0 Å². The molecular weight excluding hydrogens is 216 g/mol. The number of fused-ring (bicyclic) bond motifs is 2. The molecule has 0 unspecified atom stereocenters. The highest BCUT2D eigenvalue weighted by Gasteiger charge is 2.50. The molecule has 5 atom stereocenters. The Bertz CT molecular complexity index is 372. The lowest BCUT2D eigenvalue weighted by Gasteiger charge is -2.29. The third kappa shape index (κ3) is 1.63. The molecule has 0 aromatic carbocycles. The van der Waals surface area contributed by atoms with Gasteiger partial charge in [-0.25, -0.2) is 4.79 Å². The van der Waals surface area contributed by atoms with Gasteiger partial charge in [0.2, 0.25) is 0 Å². The minimum Gasteiger partial charge on any atom is -0.458 e.